The Morgan fingerprint density at radius 3 is 1.20 bits per heavy atom. The first-order valence-corrected chi connectivity index (χ1v) is 38.3. The largest absolute Gasteiger partial charge is 1.00 e. The van der Waals surface area contributed by atoms with E-state index in [4.69, 9.17) is 35.3 Å². The van der Waals surface area contributed by atoms with Crippen molar-refractivity contribution < 1.29 is 114 Å². The molecule has 8 atom stereocenters. The second kappa shape index (κ2) is 35.7. The van der Waals surface area contributed by atoms with Gasteiger partial charge in [0.15, 0.2) is 5.15 Å². The Kier molecular flexibility index (Phi) is 30.0. The summed E-state index contributed by atoms with van der Waals surface area (Å²) in [5, 5.41) is 38.1. The summed E-state index contributed by atoms with van der Waals surface area (Å²) < 4.78 is 84.1. The zero-order valence-electron chi connectivity index (χ0n) is 64.3. The minimum Gasteiger partial charge on any atom is -0.852 e. The van der Waals surface area contributed by atoms with E-state index in [1.165, 1.54) is 35.8 Å². The molecule has 2 aromatic heterocycles. The van der Waals surface area contributed by atoms with Crippen molar-refractivity contribution in [1.29, 1.82) is 0 Å². The van der Waals surface area contributed by atoms with Gasteiger partial charge in [0.1, 0.15) is 58.7 Å². The number of hydrogen-bond acceptors (Lipinski definition) is 22. The second-order valence-corrected chi connectivity index (χ2v) is 36.0. The van der Waals surface area contributed by atoms with Crippen molar-refractivity contribution in [2.75, 3.05) is 13.1 Å². The van der Waals surface area contributed by atoms with Crippen molar-refractivity contribution in [3.63, 3.8) is 0 Å². The molecule has 0 unspecified atom stereocenters. The summed E-state index contributed by atoms with van der Waals surface area (Å²) in [5.74, 6) is -3.90. The Bertz CT molecular complexity index is 4120. The second-order valence-electron chi connectivity index (χ2n) is 31.7. The molecule has 8 amide bonds. The first kappa shape index (κ1) is 89.1. The summed E-state index contributed by atoms with van der Waals surface area (Å²) in [5.41, 5.74) is -6.81. The van der Waals surface area contributed by atoms with Crippen LogP contribution in [0.1, 0.15) is 176 Å². The fraction of sp³-hybridized carbons (Fsp3) is 0.611. The molecule has 2 aliphatic carbocycles. The van der Waals surface area contributed by atoms with E-state index in [0.29, 0.717) is 53.1 Å². The molecule has 4 heterocycles. The van der Waals surface area contributed by atoms with Crippen LogP contribution in [0.25, 0.3) is 21.5 Å². The first-order valence-electron chi connectivity index (χ1n) is 34.8. The standard InChI is InChI=1S/C36H52N6O9S.C33H45ClN6O8S.C3H7O.Na/c1-11-18-36(10,32(45)41-52(47,48)23-16-17-23)38-28(43)26-19-22(50-30-25-15-13-12-14-24(25)29(39-40-30)49-21(2)3)20-42(26)31(44)27(34(4,5)6)37-33(46)51-35(7,8)9;1-9-16-33(8,29(43)39-49(45,46)20-14-15-20)36-26(41)23-17-19(47-27-22-13-11-10-12-21(22)25(34)37-38-27)18-40(23)28(42)24(31(2,3)4)35-30(44)48-32(5,6)7;1-3(2)4;/h11-15,21-23,26-27H,1,16-20H2,2-10H3,(H,37,46)(H,38,43)(H,41,45);9-13,19-20,23-24H,1,14-18H2,2-8H3,(H,35,44)(H,36,41)(H,39,43);3H,1-2H3;/q;;-1;+1/t22-,26+,27-,36-;19-,23+,24-,33-;;/m11../s1. The van der Waals surface area contributed by atoms with Crippen molar-refractivity contribution in [1.82, 2.24) is 60.9 Å². The van der Waals surface area contributed by atoms with Crippen LogP contribution in [0, 0.1) is 10.8 Å². The van der Waals surface area contributed by atoms with E-state index in [1.807, 2.05) is 32.0 Å². The molecule has 2 saturated heterocycles. The average Bonchev–Trinajstić information content (AvgIpc) is 1.56. The molecule has 2 saturated carbocycles. The van der Waals surface area contributed by atoms with E-state index in [1.54, 1.807) is 127 Å². The maximum absolute atomic E-state index is 14.5. The smallest absolute Gasteiger partial charge is 0.852 e. The Morgan fingerprint density at radius 2 is 0.877 bits per heavy atom. The third-order valence-electron chi connectivity index (χ3n) is 16.7. The Morgan fingerprint density at radius 1 is 0.557 bits per heavy atom. The van der Waals surface area contributed by atoms with E-state index >= 15 is 0 Å². The fourth-order valence-corrected chi connectivity index (χ4v) is 14.2. The van der Waals surface area contributed by atoms with Gasteiger partial charge >= 0.3 is 41.7 Å². The molecule has 4 aliphatic rings. The molecule has 4 fully saturated rings. The number of benzene rings is 2. The zero-order chi connectivity index (χ0) is 78.9. The number of carbonyl (C=O) groups is 8. The number of sulfonamides is 2. The fourth-order valence-electron chi connectivity index (χ4n) is 11.2. The van der Waals surface area contributed by atoms with E-state index < -0.39 is 154 Å². The number of amides is 8. The number of likely N-dealkylation sites (tertiary alicyclic amines) is 2. The molecule has 4 aromatic rings. The predicted octanol–water partition coefficient (Wildman–Crippen LogP) is 4.15. The predicted molar refractivity (Wildman–Crippen MR) is 392 cm³/mol. The van der Waals surface area contributed by atoms with Crippen molar-refractivity contribution in [2.24, 2.45) is 10.8 Å². The first-order chi connectivity index (χ1) is 48.4. The number of rotatable bonds is 24. The van der Waals surface area contributed by atoms with E-state index in [9.17, 15) is 60.3 Å². The van der Waals surface area contributed by atoms with Crippen molar-refractivity contribution in [3.8, 4) is 17.6 Å². The molecule has 0 radical (unpaired) electrons. The summed E-state index contributed by atoms with van der Waals surface area (Å²) in [6.45, 7) is 37.6. The van der Waals surface area contributed by atoms with Gasteiger partial charge in [-0.2, -0.15) is 0 Å². The average molecular weight is 1550 g/mol. The minimum absolute atomic E-state index is 0. The normalized spacial score (nSPS) is 19.3. The van der Waals surface area contributed by atoms with E-state index in [2.05, 4.69) is 64.3 Å². The summed E-state index contributed by atoms with van der Waals surface area (Å²) in [7, 11) is -7.86. The number of hydrogen-bond donors (Lipinski definition) is 6. The Balaban J connectivity index is 0.000000359. The van der Waals surface area contributed by atoms with Gasteiger partial charge in [0.2, 0.25) is 61.3 Å². The number of halogens is 1. The molecular formula is C72H104ClN12NaO18S2. The Hall–Kier alpha value is -7.49. The van der Waals surface area contributed by atoms with Crippen LogP contribution < -0.4 is 79.6 Å². The van der Waals surface area contributed by atoms with Crippen LogP contribution in [0.4, 0.5) is 9.59 Å². The van der Waals surface area contributed by atoms with Crippen molar-refractivity contribution >= 4 is 101 Å². The minimum atomic E-state index is -3.93. The Labute approximate surface area is 648 Å². The molecule has 580 valence electrons. The van der Waals surface area contributed by atoms with Crippen molar-refractivity contribution in [2.45, 2.75) is 257 Å². The van der Waals surface area contributed by atoms with Gasteiger partial charge < -0.3 is 59.9 Å². The molecule has 30 nitrogen and oxygen atoms in total. The zero-order valence-corrected chi connectivity index (χ0v) is 68.6. The molecule has 106 heavy (non-hydrogen) atoms. The monoisotopic (exact) mass is 1550 g/mol. The number of alkyl carbamates (subject to hydrolysis) is 2. The number of carbonyl (C=O) groups excluding carboxylic acids is 8. The molecule has 2 aliphatic heterocycles. The summed E-state index contributed by atoms with van der Waals surface area (Å²) in [6.07, 6.45) is 0.467. The van der Waals surface area contributed by atoms with Gasteiger partial charge in [0.25, 0.3) is 11.8 Å². The molecule has 2 aromatic carbocycles. The third-order valence-corrected chi connectivity index (χ3v) is 20.6. The van der Waals surface area contributed by atoms with Gasteiger partial charge in [-0.3, -0.25) is 38.2 Å². The van der Waals surface area contributed by atoms with Gasteiger partial charge in [0, 0.05) is 23.6 Å². The molecule has 34 heteroatoms. The number of aromatic nitrogens is 4. The molecule has 0 spiro atoms. The van der Waals surface area contributed by atoms with Gasteiger partial charge in [-0.05, 0) is 137 Å². The molecule has 0 bridgehead atoms. The summed E-state index contributed by atoms with van der Waals surface area (Å²) >= 11 is 6.25. The van der Waals surface area contributed by atoms with E-state index in [0.717, 1.165) is 0 Å². The topological polar surface area (TPSA) is 404 Å². The van der Waals surface area contributed by atoms with Crippen LogP contribution in [0.15, 0.2) is 73.8 Å². The quantitative estimate of drug-likeness (QED) is 0.0424. The number of fused-ring (bicyclic) bond motifs is 2. The maximum atomic E-state index is 14.5. The van der Waals surface area contributed by atoms with Crippen LogP contribution >= 0.6 is 11.6 Å². The third kappa shape index (κ3) is 24.8. The van der Waals surface area contributed by atoms with Crippen LogP contribution in [0.3, 0.4) is 0 Å². The number of nitrogens with one attached hydrogen (secondary N) is 6. The van der Waals surface area contributed by atoms with Gasteiger partial charge in [0.05, 0.1) is 40.5 Å². The van der Waals surface area contributed by atoms with Crippen LogP contribution in [0.5, 0.6) is 17.6 Å². The van der Waals surface area contributed by atoms with Gasteiger partial charge in [-0.1, -0.05) is 109 Å². The SMILES string of the molecule is C=CC[C@@](C)(NC(=O)[C@@H]1C[C@@H](Oc2nnc(Cl)c3ccccc23)CN1C(=O)[C@@H](NC(=O)OC(C)(C)C)C(C)(C)C)C(=O)NS(=O)(=O)C1CC1.C=CC[C@@](C)(NC(=O)[C@@H]1C[C@@H](Oc2nnc(OC(C)C)c3ccccc23)CN1C(=O)[C@@H](NC(=O)OC(C)(C)C)C(C)(C)C)C(=O)NS(=O)(=O)C1CC1.CC(C)[O-].[Na+]. The van der Waals surface area contributed by atoms with Gasteiger partial charge in [-0.25, -0.2) is 26.4 Å². The summed E-state index contributed by atoms with van der Waals surface area (Å²) in [6, 6.07) is 9.63. The van der Waals surface area contributed by atoms with Crippen LogP contribution in [0.2, 0.25) is 5.15 Å². The van der Waals surface area contributed by atoms with Crippen molar-refractivity contribution in [3.05, 3.63) is 79.0 Å². The molecular weight excluding hydrogens is 1440 g/mol. The van der Waals surface area contributed by atoms with E-state index in [-0.39, 0.29) is 91.3 Å². The van der Waals surface area contributed by atoms with Crippen LogP contribution in [-0.4, -0.2) is 189 Å². The molecule has 8 rings (SSSR count). The summed E-state index contributed by atoms with van der Waals surface area (Å²) in [4.78, 5) is 112. The number of ether oxygens (including phenoxy) is 5. The van der Waals surface area contributed by atoms with Crippen LogP contribution in [-0.2, 0) is 58.3 Å². The maximum Gasteiger partial charge on any atom is 1.00 e. The molecule has 6 N–H and O–H groups in total. The number of nitrogens with zero attached hydrogens (tertiary/aromatic N) is 6. The van der Waals surface area contributed by atoms with Gasteiger partial charge in [-0.15, -0.1) is 39.7 Å².